The highest BCUT2D eigenvalue weighted by Crippen LogP contribution is 2.38. The van der Waals surface area contributed by atoms with Crippen LogP contribution in [0.2, 0.25) is 0 Å². The Morgan fingerprint density at radius 3 is 1.94 bits per heavy atom. The minimum atomic E-state index is -2.35. The summed E-state index contributed by atoms with van der Waals surface area (Å²) in [6.07, 6.45) is 2.28. The van der Waals surface area contributed by atoms with E-state index >= 15 is 0 Å². The van der Waals surface area contributed by atoms with Gasteiger partial charge in [0.05, 0.1) is 79.6 Å². The summed E-state index contributed by atoms with van der Waals surface area (Å²) in [7, 11) is 0. The van der Waals surface area contributed by atoms with Crippen molar-refractivity contribution in [3.05, 3.63) is 72.9 Å². The van der Waals surface area contributed by atoms with E-state index in [2.05, 4.69) is 0 Å². The van der Waals surface area contributed by atoms with Crippen LogP contribution < -0.4 is 5.73 Å². The number of carboxylic acid groups (broad SMARTS) is 1. The maximum atomic E-state index is 12.6. The van der Waals surface area contributed by atoms with Crippen molar-refractivity contribution in [3.63, 3.8) is 0 Å². The molecule has 2 fully saturated rings. The molecule has 0 saturated carbocycles. The van der Waals surface area contributed by atoms with Gasteiger partial charge in [0.25, 0.3) is 0 Å². The van der Waals surface area contributed by atoms with E-state index in [1.807, 2.05) is 49.5 Å². The molecule has 370 valence electrons. The third-order valence-corrected chi connectivity index (χ3v) is 12.2. The molecule has 18 nitrogen and oxygen atoms in total. The van der Waals surface area contributed by atoms with Gasteiger partial charge in [0.1, 0.15) is 18.1 Å². The molecule has 3 aliphatic rings. The summed E-state index contributed by atoms with van der Waals surface area (Å²) in [5.41, 5.74) is 6.02. The zero-order valence-corrected chi connectivity index (χ0v) is 37.8. The summed E-state index contributed by atoms with van der Waals surface area (Å²) in [5, 5.41) is 118. The number of nitrogens with two attached hydrogens (primary N) is 1. The van der Waals surface area contributed by atoms with Crippen molar-refractivity contribution in [1.82, 2.24) is 0 Å². The van der Waals surface area contributed by atoms with Gasteiger partial charge in [0.2, 0.25) is 0 Å². The van der Waals surface area contributed by atoms with Crippen LogP contribution in [-0.2, 0) is 28.5 Å². The molecule has 0 aliphatic carbocycles. The van der Waals surface area contributed by atoms with Crippen molar-refractivity contribution in [3.8, 4) is 0 Å². The van der Waals surface area contributed by atoms with E-state index in [0.717, 1.165) is 12.8 Å². The van der Waals surface area contributed by atoms with E-state index in [9.17, 15) is 65.8 Å². The third-order valence-electron chi connectivity index (χ3n) is 12.2. The molecule has 2 bridgehead atoms. The quantitative estimate of drug-likeness (QED) is 0.175. The van der Waals surface area contributed by atoms with Gasteiger partial charge in [-0.3, -0.25) is 9.59 Å². The lowest BCUT2D eigenvalue weighted by Gasteiger charge is -2.45. The Hall–Kier alpha value is -3.18. The van der Waals surface area contributed by atoms with E-state index in [0.29, 0.717) is 0 Å². The third kappa shape index (κ3) is 18.8. The van der Waals surface area contributed by atoms with Gasteiger partial charge in [0, 0.05) is 31.1 Å². The van der Waals surface area contributed by atoms with Gasteiger partial charge < -0.3 is 80.9 Å². The van der Waals surface area contributed by atoms with Gasteiger partial charge in [-0.15, -0.1) is 0 Å². The maximum Gasteiger partial charge on any atom is 0.311 e. The van der Waals surface area contributed by atoms with Gasteiger partial charge >= 0.3 is 11.9 Å². The Labute approximate surface area is 381 Å². The van der Waals surface area contributed by atoms with Gasteiger partial charge in [-0.1, -0.05) is 86.8 Å². The topological polar surface area (TPSA) is 320 Å². The van der Waals surface area contributed by atoms with Gasteiger partial charge in [-0.25, -0.2) is 0 Å². The predicted octanol–water partition coefficient (Wildman–Crippen LogP) is 0.936. The van der Waals surface area contributed by atoms with E-state index < -0.39 is 141 Å². The van der Waals surface area contributed by atoms with Crippen LogP contribution in [-0.4, -0.2) is 166 Å². The summed E-state index contributed by atoms with van der Waals surface area (Å²) in [6.45, 7) is 6.78. The van der Waals surface area contributed by atoms with E-state index in [4.69, 9.17) is 24.7 Å². The Balaban J connectivity index is 1.84. The molecule has 65 heavy (non-hydrogen) atoms. The molecular weight excluding hydrogens is 851 g/mol. The zero-order chi connectivity index (χ0) is 48.4. The van der Waals surface area contributed by atoms with E-state index in [1.54, 1.807) is 38.2 Å². The summed E-state index contributed by atoms with van der Waals surface area (Å²) in [5.74, 6) is -6.82. The Morgan fingerprint density at radius 2 is 1.28 bits per heavy atom. The number of hydrogen-bond donors (Lipinski definition) is 12. The predicted molar refractivity (Wildman–Crippen MR) is 237 cm³/mol. The fourth-order valence-corrected chi connectivity index (χ4v) is 8.11. The van der Waals surface area contributed by atoms with Crippen LogP contribution in [0.4, 0.5) is 0 Å². The minimum Gasteiger partial charge on any atom is -0.481 e. The standard InChI is InChI=1S/C47H75NO17/c1-27-17-15-13-11-9-7-5-6-8-10-12-14-16-18-34(64-46-44(58)41(48)43(57)30(4)63-46)24-38-40(45(59)60)37(54)26-47(61,65-38)25-36(53)35(52)20-19-31(49)21-32(50)22-33(51)23-39(55)62-29(3)28(2)42(27)56/h5-6,8,10-18,27-38,40-44,46,49-54,56-58,61H,7,9,19-26,48H2,1-4H3,(H,59,60)/b6-5+,10-8+,13-11+,14-12+,17-15+,18-16+/t27-,28-,29-,30?,31+,32+,33+,34-,35+,36+,37-,38?,40+,41?,42+,43?,44?,46?,47+/m0/s1. The van der Waals surface area contributed by atoms with Crippen molar-refractivity contribution >= 4 is 11.9 Å². The van der Waals surface area contributed by atoms with Gasteiger partial charge in [-0.05, 0) is 52.4 Å². The number of carbonyl (C=O) groups excluding carboxylic acids is 1. The van der Waals surface area contributed by atoms with Crippen LogP contribution in [0.25, 0.3) is 0 Å². The number of cyclic esters (lactones) is 1. The highest BCUT2D eigenvalue weighted by Gasteiger charge is 2.51. The number of aliphatic hydroxyl groups is 10. The second-order valence-electron chi connectivity index (χ2n) is 17.8. The number of carbonyl (C=O) groups is 2. The fraction of sp³-hybridized carbons (Fsp3) is 0.702. The molecule has 0 aromatic carbocycles. The maximum absolute atomic E-state index is 12.6. The monoisotopic (exact) mass is 926 g/mol. The molecule has 2 saturated heterocycles. The van der Waals surface area contributed by atoms with Crippen LogP contribution in [0.1, 0.15) is 91.9 Å². The number of aliphatic carboxylic acids is 1. The second-order valence-corrected chi connectivity index (χ2v) is 17.8. The molecule has 18 heteroatoms. The summed E-state index contributed by atoms with van der Waals surface area (Å²) in [6, 6.07) is -1.14. The highest BCUT2D eigenvalue weighted by molar-refractivity contribution is 5.71. The smallest absolute Gasteiger partial charge is 0.311 e. The molecule has 6 unspecified atom stereocenters. The number of carboxylic acids is 1. The van der Waals surface area contributed by atoms with Crippen LogP contribution >= 0.6 is 0 Å². The normalized spacial score (nSPS) is 45.2. The molecule has 3 aliphatic heterocycles. The first-order valence-electron chi connectivity index (χ1n) is 22.6. The Morgan fingerprint density at radius 1 is 0.692 bits per heavy atom. The SMILES string of the molecule is CC1OC(O[C@H]2/C=C/C=C/C=C/C=C/CC/C=C/C=C/[C@H](C)[C@@H](O)[C@@H](C)[C@H](C)OC(=O)C[C@H](O)C[C@H](O)C[C@H](O)CC[C@@H](O)[C@H](O)C[C@]3(O)C[C@H](O)[C@@H](C(=O)O)C(C2)O3)C(O)C(N)C1O. The lowest BCUT2D eigenvalue weighted by atomic mass is 9.82. The number of ether oxygens (including phenoxy) is 4. The van der Waals surface area contributed by atoms with Gasteiger partial charge in [0.15, 0.2) is 12.1 Å². The molecule has 13 N–H and O–H groups in total. The largest absolute Gasteiger partial charge is 0.481 e. The fourth-order valence-electron chi connectivity index (χ4n) is 8.11. The molecule has 0 aromatic heterocycles. The van der Waals surface area contributed by atoms with Crippen LogP contribution in [0, 0.1) is 17.8 Å². The van der Waals surface area contributed by atoms with E-state index in [-0.39, 0.29) is 38.0 Å². The summed E-state index contributed by atoms with van der Waals surface area (Å²) in [4.78, 5) is 25.1. The number of fused-ring (bicyclic) bond motifs is 2. The molecule has 3 heterocycles. The number of rotatable bonds is 3. The Bertz CT molecular complexity index is 1620. The summed E-state index contributed by atoms with van der Waals surface area (Å²) >= 11 is 0. The van der Waals surface area contributed by atoms with Crippen molar-refractivity contribution < 1.29 is 84.7 Å². The average Bonchev–Trinajstić information content (AvgIpc) is 3.21. The zero-order valence-electron chi connectivity index (χ0n) is 37.8. The average molecular weight is 926 g/mol. The molecule has 0 spiro atoms. The van der Waals surface area contributed by atoms with Crippen LogP contribution in [0.3, 0.4) is 0 Å². The lowest BCUT2D eigenvalue weighted by Crippen LogP contribution is -2.61. The first-order valence-corrected chi connectivity index (χ1v) is 22.6. The number of hydrogen-bond acceptors (Lipinski definition) is 17. The number of aliphatic hydroxyl groups excluding tert-OH is 9. The van der Waals surface area contributed by atoms with Crippen molar-refractivity contribution in [2.24, 2.45) is 23.5 Å². The van der Waals surface area contributed by atoms with Crippen molar-refractivity contribution in [2.45, 2.75) is 189 Å². The molecule has 3 rings (SSSR count). The second kappa shape index (κ2) is 27.6. The molecule has 0 amide bonds. The van der Waals surface area contributed by atoms with Crippen LogP contribution in [0.15, 0.2) is 72.9 Å². The minimum absolute atomic E-state index is 0.138. The first-order chi connectivity index (χ1) is 30.6. The lowest BCUT2D eigenvalue weighted by molar-refractivity contribution is -0.310. The number of esters is 1. The Kier molecular flexibility index (Phi) is 23.8. The summed E-state index contributed by atoms with van der Waals surface area (Å²) < 4.78 is 23.2. The molecule has 19 atom stereocenters. The van der Waals surface area contributed by atoms with Gasteiger partial charge in [-0.2, -0.15) is 0 Å². The van der Waals surface area contributed by atoms with Crippen molar-refractivity contribution in [2.75, 3.05) is 0 Å². The first kappa shape index (κ1) is 56.1. The number of allylic oxidation sites excluding steroid dienone is 10. The molecule has 0 radical (unpaired) electrons. The van der Waals surface area contributed by atoms with Crippen molar-refractivity contribution in [1.29, 1.82) is 0 Å². The van der Waals surface area contributed by atoms with E-state index in [1.165, 1.54) is 13.0 Å². The molecular formula is C47H75NO17. The highest BCUT2D eigenvalue weighted by atomic mass is 16.7. The van der Waals surface area contributed by atoms with Crippen LogP contribution in [0.5, 0.6) is 0 Å². The molecule has 0 aromatic rings.